The molecule has 1 aromatic heterocycles. The predicted octanol–water partition coefficient (Wildman–Crippen LogP) is 5.67. The lowest BCUT2D eigenvalue weighted by Gasteiger charge is -2.29. The van der Waals surface area contributed by atoms with Crippen molar-refractivity contribution < 1.29 is 14.3 Å². The zero-order chi connectivity index (χ0) is 23.8. The Labute approximate surface area is 202 Å². The molecular weight excluding hydrogens is 424 g/mol. The van der Waals surface area contributed by atoms with Gasteiger partial charge in [-0.1, -0.05) is 55.0 Å². The largest absolute Gasteiger partial charge is 0.466 e. The Morgan fingerprint density at radius 1 is 0.912 bits per heavy atom. The summed E-state index contributed by atoms with van der Waals surface area (Å²) in [6.07, 6.45) is 6.51. The Hall–Kier alpha value is -3.08. The molecule has 0 saturated heterocycles. The Bertz CT molecular complexity index is 1100. The summed E-state index contributed by atoms with van der Waals surface area (Å²) >= 11 is 0. The Morgan fingerprint density at radius 3 is 2.50 bits per heavy atom. The number of para-hydroxylation sites is 1. The van der Waals surface area contributed by atoms with Crippen molar-refractivity contribution >= 4 is 22.8 Å². The monoisotopic (exact) mass is 460 g/mol. The number of hydrogen-bond acceptors (Lipinski definition) is 3. The van der Waals surface area contributed by atoms with Crippen LogP contribution in [0.15, 0.2) is 54.6 Å². The first-order valence-electron chi connectivity index (χ1n) is 12.7. The van der Waals surface area contributed by atoms with Crippen molar-refractivity contribution in [1.29, 1.82) is 0 Å². The lowest BCUT2D eigenvalue weighted by molar-refractivity contribution is -0.143. The number of fused-ring (bicyclic) bond motifs is 3. The number of rotatable bonds is 11. The molecule has 2 aromatic carbocycles. The highest BCUT2D eigenvalue weighted by Gasteiger charge is 2.26. The average molecular weight is 461 g/mol. The van der Waals surface area contributed by atoms with E-state index >= 15 is 0 Å². The highest BCUT2D eigenvalue weighted by molar-refractivity contribution is 5.86. The summed E-state index contributed by atoms with van der Waals surface area (Å²) in [5, 5.41) is 1.34. The van der Waals surface area contributed by atoms with Crippen LogP contribution in [0.2, 0.25) is 0 Å². The number of esters is 1. The number of hydrogen-bond donors (Lipinski definition) is 0. The topological polar surface area (TPSA) is 51.5 Å². The number of carbonyl (C=O) groups is 2. The van der Waals surface area contributed by atoms with E-state index in [2.05, 4.69) is 59.2 Å². The summed E-state index contributed by atoms with van der Waals surface area (Å²) in [6, 6.07) is 19.3. The van der Waals surface area contributed by atoms with Gasteiger partial charge in [-0.3, -0.25) is 9.59 Å². The van der Waals surface area contributed by atoms with E-state index < -0.39 is 0 Å². The molecule has 0 aliphatic carbocycles. The number of unbranched alkanes of at least 4 members (excludes halogenated alkanes) is 2. The smallest absolute Gasteiger partial charge is 0.305 e. The van der Waals surface area contributed by atoms with Crippen molar-refractivity contribution in [3.63, 3.8) is 0 Å². The molecule has 3 aromatic rings. The minimum Gasteiger partial charge on any atom is -0.466 e. The molecule has 34 heavy (non-hydrogen) atoms. The van der Waals surface area contributed by atoms with Crippen LogP contribution in [0.25, 0.3) is 10.9 Å². The first-order chi connectivity index (χ1) is 16.7. The zero-order valence-electron chi connectivity index (χ0n) is 20.3. The van der Waals surface area contributed by atoms with Gasteiger partial charge < -0.3 is 14.2 Å². The van der Waals surface area contributed by atoms with Crippen LogP contribution in [-0.4, -0.2) is 34.5 Å². The highest BCUT2D eigenvalue weighted by atomic mass is 16.5. The molecule has 0 atom stereocenters. The molecule has 0 N–H and O–H groups in total. The summed E-state index contributed by atoms with van der Waals surface area (Å²) in [7, 11) is 0. The van der Waals surface area contributed by atoms with Crippen LogP contribution in [0.4, 0.5) is 0 Å². The Balaban J connectivity index is 1.37. The van der Waals surface area contributed by atoms with Gasteiger partial charge in [-0.2, -0.15) is 0 Å². The molecule has 2 heterocycles. The summed E-state index contributed by atoms with van der Waals surface area (Å²) in [6.45, 7) is 4.69. The second-order valence-corrected chi connectivity index (χ2v) is 9.11. The number of nitrogens with zero attached hydrogens (tertiary/aromatic N) is 2. The van der Waals surface area contributed by atoms with E-state index in [9.17, 15) is 9.59 Å². The fraction of sp³-hybridized carbons (Fsp3) is 0.448. The van der Waals surface area contributed by atoms with E-state index in [1.807, 2.05) is 11.8 Å². The molecule has 5 nitrogen and oxygen atoms in total. The molecule has 0 saturated carbocycles. The van der Waals surface area contributed by atoms with Crippen molar-refractivity contribution in [2.45, 2.75) is 71.4 Å². The zero-order valence-corrected chi connectivity index (χ0v) is 20.3. The number of ether oxygens (including phenoxy) is 1. The lowest BCUT2D eigenvalue weighted by atomic mass is 10.0. The van der Waals surface area contributed by atoms with Gasteiger partial charge in [0.1, 0.15) is 0 Å². The van der Waals surface area contributed by atoms with Crippen LogP contribution >= 0.6 is 0 Å². The van der Waals surface area contributed by atoms with E-state index in [0.717, 1.165) is 51.6 Å². The molecule has 0 unspecified atom stereocenters. The average Bonchev–Trinajstić information content (AvgIpc) is 3.17. The lowest BCUT2D eigenvalue weighted by Crippen LogP contribution is -2.36. The van der Waals surface area contributed by atoms with Crippen LogP contribution in [0.1, 0.15) is 62.3 Å². The maximum Gasteiger partial charge on any atom is 0.305 e. The number of amides is 1. The summed E-state index contributed by atoms with van der Waals surface area (Å²) in [4.78, 5) is 26.5. The summed E-state index contributed by atoms with van der Waals surface area (Å²) < 4.78 is 7.42. The predicted molar refractivity (Wildman–Crippen MR) is 136 cm³/mol. The third kappa shape index (κ3) is 5.88. The van der Waals surface area contributed by atoms with Gasteiger partial charge in [0.25, 0.3) is 0 Å². The normalized spacial score (nSPS) is 13.1. The van der Waals surface area contributed by atoms with Gasteiger partial charge in [-0.25, -0.2) is 0 Å². The van der Waals surface area contributed by atoms with Crippen LogP contribution in [0.5, 0.6) is 0 Å². The number of aromatic nitrogens is 1. The van der Waals surface area contributed by atoms with Gasteiger partial charge in [-0.15, -0.1) is 0 Å². The fourth-order valence-corrected chi connectivity index (χ4v) is 5.06. The summed E-state index contributed by atoms with van der Waals surface area (Å²) in [5.74, 6) is 0.0837. The molecule has 0 bridgehead atoms. The number of benzene rings is 2. The minimum atomic E-state index is -0.141. The first-order valence-corrected chi connectivity index (χ1v) is 12.7. The van der Waals surface area contributed by atoms with E-state index in [-0.39, 0.29) is 11.9 Å². The van der Waals surface area contributed by atoms with E-state index in [4.69, 9.17) is 4.74 Å². The van der Waals surface area contributed by atoms with Gasteiger partial charge in [0.15, 0.2) is 0 Å². The van der Waals surface area contributed by atoms with E-state index in [1.54, 1.807) is 0 Å². The molecule has 1 amide bonds. The first kappa shape index (κ1) is 24.1. The number of carbonyl (C=O) groups excluding carboxylic acids is 2. The van der Waals surface area contributed by atoms with E-state index in [0.29, 0.717) is 26.0 Å². The maximum absolute atomic E-state index is 13.0. The van der Waals surface area contributed by atoms with Gasteiger partial charge >= 0.3 is 5.97 Å². The molecule has 180 valence electrons. The Kier molecular flexibility index (Phi) is 8.40. The van der Waals surface area contributed by atoms with Crippen LogP contribution < -0.4 is 0 Å². The second-order valence-electron chi connectivity index (χ2n) is 9.11. The standard InChI is InChI=1S/C29H36N2O3/c1-2-34-29(33)18-8-4-7-17-28(32)30-21-19-25-24-15-9-10-16-26(24)31(27(25)22-30)20-11-14-23-12-5-3-6-13-23/h3,5-6,9-10,12-13,15-16H,2,4,7-8,11,14,17-22H2,1H3. The van der Waals surface area contributed by atoms with Crippen LogP contribution in [0, 0.1) is 0 Å². The summed E-state index contributed by atoms with van der Waals surface area (Å²) in [5.41, 5.74) is 5.37. The minimum absolute atomic E-state index is 0.141. The quantitative estimate of drug-likeness (QED) is 0.274. The van der Waals surface area contributed by atoms with Gasteiger partial charge in [0, 0.05) is 42.5 Å². The molecule has 4 rings (SSSR count). The molecule has 0 spiro atoms. The molecule has 0 radical (unpaired) electrons. The Morgan fingerprint density at radius 2 is 1.68 bits per heavy atom. The van der Waals surface area contributed by atoms with Crippen molar-refractivity contribution in [1.82, 2.24) is 9.47 Å². The molecular formula is C29H36N2O3. The fourth-order valence-electron chi connectivity index (χ4n) is 5.06. The van der Waals surface area contributed by atoms with Gasteiger partial charge in [-0.05, 0) is 56.2 Å². The second kappa shape index (κ2) is 11.9. The van der Waals surface area contributed by atoms with Crippen molar-refractivity contribution in [3.05, 3.63) is 71.4 Å². The van der Waals surface area contributed by atoms with Crippen molar-refractivity contribution in [3.8, 4) is 0 Å². The van der Waals surface area contributed by atoms with E-state index in [1.165, 1.54) is 27.7 Å². The maximum atomic E-state index is 13.0. The number of aryl methyl sites for hydroxylation is 2. The highest BCUT2D eigenvalue weighted by Crippen LogP contribution is 2.31. The SMILES string of the molecule is CCOC(=O)CCCCCC(=O)N1CCc2c(n(CCCc3ccccc3)c3ccccc23)C1. The molecule has 1 aliphatic rings. The van der Waals surface area contributed by atoms with Crippen molar-refractivity contribution in [2.24, 2.45) is 0 Å². The molecule has 5 heteroatoms. The van der Waals surface area contributed by atoms with Gasteiger partial charge in [0.2, 0.25) is 5.91 Å². The van der Waals surface area contributed by atoms with Crippen LogP contribution in [-0.2, 0) is 40.3 Å². The molecule has 1 aliphatic heterocycles. The van der Waals surface area contributed by atoms with Crippen molar-refractivity contribution in [2.75, 3.05) is 13.2 Å². The van der Waals surface area contributed by atoms with Crippen LogP contribution in [0.3, 0.4) is 0 Å². The third-order valence-corrected chi connectivity index (χ3v) is 6.79. The molecule has 0 fully saturated rings. The third-order valence-electron chi connectivity index (χ3n) is 6.79. The van der Waals surface area contributed by atoms with Gasteiger partial charge in [0.05, 0.1) is 13.2 Å².